The van der Waals surface area contributed by atoms with Crippen molar-refractivity contribution in [3.63, 3.8) is 0 Å². The molecule has 0 saturated heterocycles. The molecule has 90 valence electrons. The van der Waals surface area contributed by atoms with Crippen LogP contribution in [0.1, 0.15) is 29.9 Å². The summed E-state index contributed by atoms with van der Waals surface area (Å²) < 4.78 is 5.31. The number of furan rings is 1. The Hall–Kier alpha value is -1.25. The van der Waals surface area contributed by atoms with E-state index in [1.807, 2.05) is 37.3 Å². The van der Waals surface area contributed by atoms with Crippen LogP contribution in [-0.2, 0) is 12.8 Å². The van der Waals surface area contributed by atoms with Crippen molar-refractivity contribution in [1.29, 1.82) is 0 Å². The second kappa shape index (κ2) is 5.39. The molecule has 0 fully saturated rings. The lowest BCUT2D eigenvalue weighted by Gasteiger charge is -2.11. The minimum atomic E-state index is -0.566. The lowest BCUT2D eigenvalue weighted by atomic mass is 10.0. The highest BCUT2D eigenvalue weighted by Crippen LogP contribution is 2.26. The van der Waals surface area contributed by atoms with Crippen molar-refractivity contribution in [2.24, 2.45) is 0 Å². The number of aliphatic hydroxyl groups is 1. The fourth-order valence-electron chi connectivity index (χ4n) is 1.92. The molecule has 1 heterocycles. The largest absolute Gasteiger partial charge is 0.469 e. The zero-order chi connectivity index (χ0) is 12.3. The van der Waals surface area contributed by atoms with Crippen LogP contribution >= 0.6 is 11.6 Å². The Bertz CT molecular complexity index is 490. The molecule has 1 atom stereocenters. The van der Waals surface area contributed by atoms with Gasteiger partial charge in [0.15, 0.2) is 0 Å². The maximum Gasteiger partial charge on any atom is 0.109 e. The van der Waals surface area contributed by atoms with E-state index in [4.69, 9.17) is 16.0 Å². The summed E-state index contributed by atoms with van der Waals surface area (Å²) in [6.45, 7) is 2.00. The van der Waals surface area contributed by atoms with E-state index in [0.29, 0.717) is 11.4 Å². The summed E-state index contributed by atoms with van der Waals surface area (Å²) in [4.78, 5) is 0. The van der Waals surface area contributed by atoms with Gasteiger partial charge in [0.1, 0.15) is 5.76 Å². The number of aryl methyl sites for hydroxylation is 1. The average Bonchev–Trinajstić information content (AvgIpc) is 2.80. The van der Waals surface area contributed by atoms with Crippen molar-refractivity contribution in [2.45, 2.75) is 25.9 Å². The van der Waals surface area contributed by atoms with Crippen LogP contribution < -0.4 is 0 Å². The van der Waals surface area contributed by atoms with Crippen LogP contribution in [0, 0.1) is 0 Å². The fourth-order valence-corrected chi connectivity index (χ4v) is 2.13. The van der Waals surface area contributed by atoms with Gasteiger partial charge >= 0.3 is 0 Å². The van der Waals surface area contributed by atoms with Crippen molar-refractivity contribution >= 4 is 11.6 Å². The Labute approximate surface area is 106 Å². The van der Waals surface area contributed by atoms with Gasteiger partial charge in [-0.15, -0.1) is 0 Å². The second-order valence-corrected chi connectivity index (χ2v) is 4.37. The van der Waals surface area contributed by atoms with E-state index in [0.717, 1.165) is 23.3 Å². The van der Waals surface area contributed by atoms with Gasteiger partial charge in [-0.3, -0.25) is 0 Å². The Balaban J connectivity index is 2.17. The predicted molar refractivity (Wildman–Crippen MR) is 68.2 cm³/mol. The number of rotatable bonds is 4. The lowest BCUT2D eigenvalue weighted by Crippen LogP contribution is -2.03. The summed E-state index contributed by atoms with van der Waals surface area (Å²) in [5.41, 5.74) is 1.80. The molecule has 2 nitrogen and oxygen atoms in total. The SMILES string of the molecule is CCc1occc1C(O)Cc1ccccc1Cl. The van der Waals surface area contributed by atoms with Crippen LogP contribution in [0.25, 0.3) is 0 Å². The molecule has 0 spiro atoms. The number of aliphatic hydroxyl groups excluding tert-OH is 1. The average molecular weight is 251 g/mol. The standard InChI is InChI=1S/C14H15ClO2/c1-2-14-11(7-8-17-14)13(16)9-10-5-3-4-6-12(10)15/h3-8,13,16H,2,9H2,1H3. The third-order valence-corrected chi connectivity index (χ3v) is 3.20. The van der Waals surface area contributed by atoms with Crippen LogP contribution in [-0.4, -0.2) is 5.11 Å². The topological polar surface area (TPSA) is 33.4 Å². The van der Waals surface area contributed by atoms with E-state index in [1.165, 1.54) is 0 Å². The van der Waals surface area contributed by atoms with Gasteiger partial charge in [0, 0.05) is 23.4 Å². The van der Waals surface area contributed by atoms with E-state index < -0.39 is 6.10 Å². The second-order valence-electron chi connectivity index (χ2n) is 3.96. The summed E-state index contributed by atoms with van der Waals surface area (Å²) in [6, 6.07) is 9.38. The fraction of sp³-hybridized carbons (Fsp3) is 0.286. The Kier molecular flexibility index (Phi) is 3.87. The maximum atomic E-state index is 10.2. The molecule has 2 aromatic rings. The lowest BCUT2D eigenvalue weighted by molar-refractivity contribution is 0.176. The zero-order valence-electron chi connectivity index (χ0n) is 9.69. The summed E-state index contributed by atoms with van der Waals surface area (Å²) in [6.07, 6.45) is 2.33. The van der Waals surface area contributed by atoms with Gasteiger partial charge in [0.05, 0.1) is 12.4 Å². The van der Waals surface area contributed by atoms with Gasteiger partial charge in [0.2, 0.25) is 0 Å². The quantitative estimate of drug-likeness (QED) is 0.896. The Morgan fingerprint density at radius 1 is 1.29 bits per heavy atom. The molecule has 3 heteroatoms. The van der Waals surface area contributed by atoms with Crippen molar-refractivity contribution in [2.75, 3.05) is 0 Å². The normalized spacial score (nSPS) is 12.6. The van der Waals surface area contributed by atoms with Crippen LogP contribution in [0.4, 0.5) is 0 Å². The highest BCUT2D eigenvalue weighted by Gasteiger charge is 2.15. The highest BCUT2D eigenvalue weighted by atomic mass is 35.5. The third-order valence-electron chi connectivity index (χ3n) is 2.83. The molecule has 1 aromatic heterocycles. The molecule has 0 bridgehead atoms. The van der Waals surface area contributed by atoms with Crippen molar-refractivity contribution in [3.05, 3.63) is 58.5 Å². The Morgan fingerprint density at radius 3 is 2.76 bits per heavy atom. The minimum absolute atomic E-state index is 0.506. The van der Waals surface area contributed by atoms with Gasteiger partial charge in [-0.1, -0.05) is 36.7 Å². The molecule has 0 aliphatic carbocycles. The van der Waals surface area contributed by atoms with Gasteiger partial charge in [-0.2, -0.15) is 0 Å². The van der Waals surface area contributed by atoms with Crippen molar-refractivity contribution < 1.29 is 9.52 Å². The van der Waals surface area contributed by atoms with E-state index >= 15 is 0 Å². The van der Waals surface area contributed by atoms with E-state index in [2.05, 4.69) is 0 Å². The molecule has 0 radical (unpaired) electrons. The van der Waals surface area contributed by atoms with Gasteiger partial charge in [0.25, 0.3) is 0 Å². The number of halogens is 1. The number of hydrogen-bond donors (Lipinski definition) is 1. The van der Waals surface area contributed by atoms with Crippen LogP contribution in [0.15, 0.2) is 41.0 Å². The minimum Gasteiger partial charge on any atom is -0.469 e. The summed E-state index contributed by atoms with van der Waals surface area (Å²) >= 11 is 6.07. The molecule has 0 aliphatic heterocycles. The smallest absolute Gasteiger partial charge is 0.109 e. The van der Waals surface area contributed by atoms with Crippen LogP contribution in [0.2, 0.25) is 5.02 Å². The molecule has 0 saturated carbocycles. The number of hydrogen-bond acceptors (Lipinski definition) is 2. The molecule has 1 unspecified atom stereocenters. The van der Waals surface area contributed by atoms with Crippen molar-refractivity contribution in [3.8, 4) is 0 Å². The monoisotopic (exact) mass is 250 g/mol. The van der Waals surface area contributed by atoms with E-state index in [9.17, 15) is 5.11 Å². The molecule has 0 amide bonds. The zero-order valence-corrected chi connectivity index (χ0v) is 10.4. The molecule has 0 aliphatic rings. The molecule has 17 heavy (non-hydrogen) atoms. The third kappa shape index (κ3) is 2.71. The van der Waals surface area contributed by atoms with E-state index in [-0.39, 0.29) is 0 Å². The van der Waals surface area contributed by atoms with Crippen molar-refractivity contribution in [1.82, 2.24) is 0 Å². The first-order valence-electron chi connectivity index (χ1n) is 5.70. The highest BCUT2D eigenvalue weighted by molar-refractivity contribution is 6.31. The van der Waals surface area contributed by atoms with Gasteiger partial charge < -0.3 is 9.52 Å². The molecular weight excluding hydrogens is 236 g/mol. The first-order valence-corrected chi connectivity index (χ1v) is 6.08. The van der Waals surface area contributed by atoms with Crippen LogP contribution in [0.5, 0.6) is 0 Å². The summed E-state index contributed by atoms with van der Waals surface area (Å²) in [7, 11) is 0. The Morgan fingerprint density at radius 2 is 2.06 bits per heavy atom. The molecule has 1 N–H and O–H groups in total. The molecule has 2 rings (SSSR count). The maximum absolute atomic E-state index is 10.2. The predicted octanol–water partition coefficient (Wildman–Crippen LogP) is 3.77. The molecule has 1 aromatic carbocycles. The van der Waals surface area contributed by atoms with Crippen LogP contribution in [0.3, 0.4) is 0 Å². The van der Waals surface area contributed by atoms with Gasteiger partial charge in [-0.25, -0.2) is 0 Å². The summed E-state index contributed by atoms with van der Waals surface area (Å²) in [5.74, 6) is 0.838. The number of benzene rings is 1. The molecular formula is C14H15ClO2. The summed E-state index contributed by atoms with van der Waals surface area (Å²) in [5, 5.41) is 10.9. The first kappa shape index (κ1) is 12.2. The van der Waals surface area contributed by atoms with Gasteiger partial charge in [-0.05, 0) is 17.7 Å². The first-order chi connectivity index (χ1) is 8.22. The van der Waals surface area contributed by atoms with E-state index in [1.54, 1.807) is 6.26 Å².